The van der Waals surface area contributed by atoms with E-state index >= 15 is 0 Å². The number of nitrogens with zero attached hydrogens (tertiary/aromatic N) is 2. The quantitative estimate of drug-likeness (QED) is 0.160. The van der Waals surface area contributed by atoms with Crippen molar-refractivity contribution in [1.29, 1.82) is 0 Å². The van der Waals surface area contributed by atoms with Crippen molar-refractivity contribution in [3.63, 3.8) is 0 Å². The van der Waals surface area contributed by atoms with Gasteiger partial charge in [-0.05, 0) is 55.8 Å². The number of carbonyl (C=O) groups is 6. The van der Waals surface area contributed by atoms with Gasteiger partial charge in [0.2, 0.25) is 23.5 Å². The van der Waals surface area contributed by atoms with Crippen LogP contribution in [0.5, 0.6) is 0 Å². The van der Waals surface area contributed by atoms with E-state index in [9.17, 15) is 28.8 Å². The number of amides is 5. The molecule has 0 bridgehead atoms. The van der Waals surface area contributed by atoms with Crippen LogP contribution < -0.4 is 26.6 Å². The molecule has 3 rings (SSSR count). The van der Waals surface area contributed by atoms with Crippen LogP contribution in [0.1, 0.15) is 96.5 Å². The number of ketones is 1. The highest BCUT2D eigenvalue weighted by Crippen LogP contribution is 2.33. The molecule has 2 aliphatic carbocycles. The number of Topliss-reactive ketones (excluding diaryl/α,β-unsaturated/α-hetero) is 1. The zero-order valence-electron chi connectivity index (χ0n) is 27.1. The van der Waals surface area contributed by atoms with E-state index < -0.39 is 41.6 Å². The number of hydrogen-bond donors (Lipinski definition) is 5. The van der Waals surface area contributed by atoms with Gasteiger partial charge in [-0.2, -0.15) is 0 Å². The monoisotopic (exact) mass is 627 g/mol. The first kappa shape index (κ1) is 35.6. The number of hydrogen-bond acceptors (Lipinski definition) is 8. The number of nitrogens with one attached hydrogen (secondary N) is 5. The summed E-state index contributed by atoms with van der Waals surface area (Å²) < 4.78 is 0. The Hall–Kier alpha value is -3.90. The van der Waals surface area contributed by atoms with Gasteiger partial charge >= 0.3 is 0 Å². The minimum Gasteiger partial charge on any atom is -0.354 e. The van der Waals surface area contributed by atoms with Gasteiger partial charge in [-0.15, -0.1) is 0 Å². The Balaban J connectivity index is 1.53. The molecule has 1 heterocycles. The van der Waals surface area contributed by atoms with Crippen LogP contribution in [0.2, 0.25) is 0 Å². The van der Waals surface area contributed by atoms with E-state index in [1.54, 1.807) is 13.8 Å². The summed E-state index contributed by atoms with van der Waals surface area (Å²) in [5.74, 6) is -3.31. The summed E-state index contributed by atoms with van der Waals surface area (Å²) in [5.41, 5.74) is 0.0838. The van der Waals surface area contributed by atoms with Gasteiger partial charge in [0.1, 0.15) is 17.8 Å². The van der Waals surface area contributed by atoms with Gasteiger partial charge in [0.05, 0.1) is 12.2 Å². The number of rotatable bonds is 17. The van der Waals surface area contributed by atoms with Crippen LogP contribution >= 0.6 is 0 Å². The molecule has 248 valence electrons. The molecule has 13 heteroatoms. The summed E-state index contributed by atoms with van der Waals surface area (Å²) in [5, 5.41) is 14.0. The largest absolute Gasteiger partial charge is 0.354 e. The van der Waals surface area contributed by atoms with Gasteiger partial charge in [0.15, 0.2) is 0 Å². The fraction of sp³-hybridized carbons (Fsp3) is 0.688. The highest BCUT2D eigenvalue weighted by molar-refractivity contribution is 6.38. The van der Waals surface area contributed by atoms with Crippen molar-refractivity contribution in [2.45, 2.75) is 110 Å². The zero-order valence-corrected chi connectivity index (χ0v) is 27.1. The Morgan fingerprint density at radius 2 is 1.51 bits per heavy atom. The lowest BCUT2D eigenvalue weighted by Gasteiger charge is -2.28. The topological polar surface area (TPSA) is 188 Å². The molecule has 45 heavy (non-hydrogen) atoms. The molecule has 1 aromatic heterocycles. The van der Waals surface area contributed by atoms with Crippen LogP contribution in [0.15, 0.2) is 18.6 Å². The average Bonchev–Trinajstić information content (AvgIpc) is 3.72. The first-order chi connectivity index (χ1) is 21.4. The first-order valence-corrected chi connectivity index (χ1v) is 16.2. The van der Waals surface area contributed by atoms with Crippen molar-refractivity contribution in [3.8, 4) is 0 Å². The summed E-state index contributed by atoms with van der Waals surface area (Å²) in [6.45, 7) is 9.49. The molecule has 5 atom stereocenters. The SMILES string of the molecule is CCCC(NC(=O)C[C@H]1CCC[C@H]1CNC(=O)[C@@H](NC(=O)[C@H](NC(=O)c1cnccn1)C(C)C)C(C)C)C(=O)C(=O)NC1CC1. The van der Waals surface area contributed by atoms with Crippen molar-refractivity contribution in [2.75, 3.05) is 6.54 Å². The predicted molar refractivity (Wildman–Crippen MR) is 166 cm³/mol. The molecule has 1 unspecified atom stereocenters. The lowest BCUT2D eigenvalue weighted by atomic mass is 9.91. The van der Waals surface area contributed by atoms with Crippen LogP contribution in [0.25, 0.3) is 0 Å². The molecular weight excluding hydrogens is 578 g/mol. The van der Waals surface area contributed by atoms with E-state index in [0.717, 1.165) is 32.1 Å². The van der Waals surface area contributed by atoms with E-state index in [-0.39, 0.29) is 53.6 Å². The molecule has 0 saturated heterocycles. The first-order valence-electron chi connectivity index (χ1n) is 16.2. The number of aromatic nitrogens is 2. The smallest absolute Gasteiger partial charge is 0.289 e. The van der Waals surface area contributed by atoms with Crippen molar-refractivity contribution in [2.24, 2.45) is 23.7 Å². The van der Waals surface area contributed by atoms with E-state index in [4.69, 9.17) is 0 Å². The fourth-order valence-corrected chi connectivity index (χ4v) is 5.63. The van der Waals surface area contributed by atoms with Crippen molar-refractivity contribution in [1.82, 2.24) is 36.6 Å². The van der Waals surface area contributed by atoms with Gasteiger partial charge in [0, 0.05) is 31.4 Å². The molecule has 0 spiro atoms. The Bertz CT molecular complexity index is 1200. The van der Waals surface area contributed by atoms with E-state index in [0.29, 0.717) is 19.4 Å². The Labute approximate surface area is 265 Å². The third-order valence-corrected chi connectivity index (χ3v) is 8.45. The number of carbonyl (C=O) groups excluding carboxylic acids is 6. The minimum absolute atomic E-state index is 0.0108. The highest BCUT2D eigenvalue weighted by Gasteiger charge is 2.35. The summed E-state index contributed by atoms with van der Waals surface area (Å²) in [6.07, 6.45) is 9.67. The van der Waals surface area contributed by atoms with Crippen molar-refractivity contribution in [3.05, 3.63) is 24.3 Å². The molecule has 1 aromatic rings. The highest BCUT2D eigenvalue weighted by atomic mass is 16.2. The minimum atomic E-state index is -0.894. The second-order valence-corrected chi connectivity index (χ2v) is 12.9. The lowest BCUT2D eigenvalue weighted by Crippen LogP contribution is -2.57. The van der Waals surface area contributed by atoms with E-state index in [1.807, 2.05) is 20.8 Å². The molecule has 2 saturated carbocycles. The molecule has 2 fully saturated rings. The summed E-state index contributed by atoms with van der Waals surface area (Å²) in [4.78, 5) is 85.0. The second-order valence-electron chi connectivity index (χ2n) is 12.9. The Morgan fingerprint density at radius 3 is 2.11 bits per heavy atom. The van der Waals surface area contributed by atoms with Crippen molar-refractivity contribution < 1.29 is 28.8 Å². The molecular formula is C32H49N7O6. The lowest BCUT2D eigenvalue weighted by molar-refractivity contribution is -0.140. The summed E-state index contributed by atoms with van der Waals surface area (Å²) in [6, 6.07) is -2.52. The van der Waals surface area contributed by atoms with E-state index in [1.165, 1.54) is 18.6 Å². The third-order valence-electron chi connectivity index (χ3n) is 8.45. The molecule has 0 radical (unpaired) electrons. The Morgan fingerprint density at radius 1 is 0.844 bits per heavy atom. The van der Waals surface area contributed by atoms with E-state index in [2.05, 4.69) is 36.6 Å². The van der Waals surface area contributed by atoms with Crippen LogP contribution in [0.3, 0.4) is 0 Å². The van der Waals surface area contributed by atoms with Gasteiger partial charge < -0.3 is 26.6 Å². The molecule has 13 nitrogen and oxygen atoms in total. The molecule has 5 N–H and O–H groups in total. The van der Waals surface area contributed by atoms with Crippen LogP contribution in [-0.4, -0.2) is 76.0 Å². The maximum atomic E-state index is 13.3. The third kappa shape index (κ3) is 10.9. The maximum Gasteiger partial charge on any atom is 0.289 e. The van der Waals surface area contributed by atoms with Crippen molar-refractivity contribution >= 4 is 35.3 Å². The normalized spacial score (nSPS) is 19.7. The maximum absolute atomic E-state index is 13.3. The van der Waals surface area contributed by atoms with Crippen LogP contribution in [0, 0.1) is 23.7 Å². The molecule has 2 aliphatic rings. The fourth-order valence-electron chi connectivity index (χ4n) is 5.63. The van der Waals surface area contributed by atoms with Gasteiger partial charge in [-0.25, -0.2) is 4.98 Å². The predicted octanol–water partition coefficient (Wildman–Crippen LogP) is 1.43. The molecule has 0 aromatic carbocycles. The van der Waals surface area contributed by atoms with Gasteiger partial charge in [0.25, 0.3) is 11.8 Å². The average molecular weight is 628 g/mol. The molecule has 0 aliphatic heterocycles. The Kier molecular flexibility index (Phi) is 13.4. The standard InChI is InChI=1S/C32H49N7O6/c1-6-8-23(28(41)32(45)36-22-11-12-22)37-25(40)15-20-9-7-10-21(20)16-35-30(43)26(18(2)3)39-31(44)27(19(4)5)38-29(42)24-17-33-13-14-34-24/h13-14,17-23,26-27H,6-12,15-16H2,1-5H3,(H,35,43)(H,36,45)(H,37,40)(H,38,42)(H,39,44)/t20-,21+,23?,26+,27-/m1/s1. The summed E-state index contributed by atoms with van der Waals surface area (Å²) >= 11 is 0. The molecule has 5 amide bonds. The van der Waals surface area contributed by atoms with Crippen LogP contribution in [0.4, 0.5) is 0 Å². The second kappa shape index (κ2) is 17.0. The summed E-state index contributed by atoms with van der Waals surface area (Å²) in [7, 11) is 0. The zero-order chi connectivity index (χ0) is 33.1. The van der Waals surface area contributed by atoms with Gasteiger partial charge in [-0.3, -0.25) is 33.8 Å². The van der Waals surface area contributed by atoms with Crippen LogP contribution in [-0.2, 0) is 24.0 Å². The van der Waals surface area contributed by atoms with Gasteiger partial charge in [-0.1, -0.05) is 47.5 Å².